The summed E-state index contributed by atoms with van der Waals surface area (Å²) in [7, 11) is 0. The highest BCUT2D eigenvalue weighted by Crippen LogP contribution is 2.51. The van der Waals surface area contributed by atoms with E-state index in [9.17, 15) is 14.4 Å². The van der Waals surface area contributed by atoms with Gasteiger partial charge in [0.2, 0.25) is 0 Å². The fourth-order valence-corrected chi connectivity index (χ4v) is 5.65. The predicted octanol–water partition coefficient (Wildman–Crippen LogP) is 7.41. The van der Waals surface area contributed by atoms with Gasteiger partial charge in [-0.15, -0.1) is 0 Å². The molecule has 1 amide bonds. The summed E-state index contributed by atoms with van der Waals surface area (Å²) >= 11 is 0. The molecule has 0 radical (unpaired) electrons. The molecule has 0 bridgehead atoms. The lowest BCUT2D eigenvalue weighted by Crippen LogP contribution is -2.46. The summed E-state index contributed by atoms with van der Waals surface area (Å²) in [6.45, 7) is 14.3. The monoisotopic (exact) mass is 645 g/mol. The van der Waals surface area contributed by atoms with Gasteiger partial charge >= 0.3 is 11.9 Å². The maximum Gasteiger partial charge on any atom is 0.333 e. The van der Waals surface area contributed by atoms with Gasteiger partial charge in [-0.05, 0) is 86.8 Å². The fraction of sp³-hybridized carbons (Fsp3) is 0.225. The Hall–Kier alpha value is -5.63. The van der Waals surface area contributed by atoms with Crippen LogP contribution < -0.4 is 14.4 Å². The molecule has 0 fully saturated rings. The molecule has 4 aromatic carbocycles. The minimum absolute atomic E-state index is 0.126. The molecule has 0 aromatic heterocycles. The van der Waals surface area contributed by atoms with E-state index in [2.05, 4.69) is 13.2 Å². The first-order valence-corrected chi connectivity index (χ1v) is 15.7. The summed E-state index contributed by atoms with van der Waals surface area (Å²) in [6.07, 6.45) is -0.954. The number of ether oxygens (including phenoxy) is 4. The minimum atomic E-state index is -1.04. The molecular weight excluding hydrogens is 606 g/mol. The highest BCUT2D eigenvalue weighted by Gasteiger charge is 2.52. The second-order valence-electron chi connectivity index (χ2n) is 11.9. The third-order valence-electron chi connectivity index (χ3n) is 7.93. The number of para-hydroxylation sites is 1. The Morgan fingerprint density at radius 3 is 1.56 bits per heavy atom. The molecular formula is C40H39NO7. The van der Waals surface area contributed by atoms with Crippen LogP contribution in [-0.2, 0) is 24.6 Å². The highest BCUT2D eigenvalue weighted by molar-refractivity contribution is 6.13. The Morgan fingerprint density at radius 2 is 1.10 bits per heavy atom. The molecule has 2 atom stereocenters. The third kappa shape index (κ3) is 6.88. The van der Waals surface area contributed by atoms with Gasteiger partial charge in [-0.25, -0.2) is 9.59 Å². The van der Waals surface area contributed by atoms with Crippen LogP contribution in [0.1, 0.15) is 54.7 Å². The van der Waals surface area contributed by atoms with Gasteiger partial charge in [-0.1, -0.05) is 73.8 Å². The van der Waals surface area contributed by atoms with Gasteiger partial charge in [0, 0.05) is 22.4 Å². The van der Waals surface area contributed by atoms with Gasteiger partial charge in [0.1, 0.15) is 42.5 Å². The van der Waals surface area contributed by atoms with Crippen LogP contribution in [0.5, 0.6) is 11.5 Å². The standard InChI is InChI=1S/C40H39NO7/c1-26(2)38(43)47-28(5)24-45-33-20-16-30(17-21-33)40(31-18-22-34(23-19-31)46-25-29(6)48-39(44)27(3)4)36-15-11-10-14-35(36)37(42)41(40)32-12-8-7-9-13-32/h7-23,28-29H,1,3,24-25H2,2,4-6H3. The van der Waals surface area contributed by atoms with Crippen LogP contribution >= 0.6 is 0 Å². The van der Waals surface area contributed by atoms with Crippen LogP contribution in [0.2, 0.25) is 0 Å². The van der Waals surface area contributed by atoms with E-state index in [0.717, 1.165) is 22.4 Å². The van der Waals surface area contributed by atoms with Crippen LogP contribution in [0.3, 0.4) is 0 Å². The topological polar surface area (TPSA) is 91.4 Å². The minimum Gasteiger partial charge on any atom is -0.490 e. The van der Waals surface area contributed by atoms with Gasteiger partial charge in [-0.2, -0.15) is 0 Å². The maximum absolute atomic E-state index is 14.3. The van der Waals surface area contributed by atoms with E-state index in [4.69, 9.17) is 18.9 Å². The van der Waals surface area contributed by atoms with E-state index in [1.165, 1.54) is 0 Å². The van der Waals surface area contributed by atoms with Crippen molar-refractivity contribution in [3.63, 3.8) is 0 Å². The molecule has 48 heavy (non-hydrogen) atoms. The molecule has 8 heteroatoms. The first-order valence-electron chi connectivity index (χ1n) is 15.7. The van der Waals surface area contributed by atoms with Crippen molar-refractivity contribution in [1.29, 1.82) is 0 Å². The quantitative estimate of drug-likeness (QED) is 0.110. The van der Waals surface area contributed by atoms with Crippen molar-refractivity contribution >= 4 is 23.5 Å². The van der Waals surface area contributed by atoms with Crippen molar-refractivity contribution in [1.82, 2.24) is 0 Å². The lowest BCUT2D eigenvalue weighted by atomic mass is 9.76. The number of esters is 2. The average molecular weight is 646 g/mol. The molecule has 246 valence electrons. The summed E-state index contributed by atoms with van der Waals surface area (Å²) in [5, 5.41) is 0. The largest absolute Gasteiger partial charge is 0.490 e. The lowest BCUT2D eigenvalue weighted by Gasteiger charge is -2.40. The summed E-state index contributed by atoms with van der Waals surface area (Å²) in [5.41, 5.74) is 3.46. The Labute approximate surface area is 281 Å². The first-order chi connectivity index (χ1) is 23.0. The Kier molecular flexibility index (Phi) is 10.1. The fourth-order valence-electron chi connectivity index (χ4n) is 5.65. The van der Waals surface area contributed by atoms with Crippen LogP contribution in [0.4, 0.5) is 5.69 Å². The van der Waals surface area contributed by atoms with Gasteiger partial charge in [-0.3, -0.25) is 9.69 Å². The van der Waals surface area contributed by atoms with Gasteiger partial charge in [0.25, 0.3) is 5.91 Å². The number of fused-ring (bicyclic) bond motifs is 1. The zero-order chi connectivity index (χ0) is 34.4. The van der Waals surface area contributed by atoms with Crippen LogP contribution in [0.25, 0.3) is 0 Å². The van der Waals surface area contributed by atoms with Crippen molar-refractivity contribution < 1.29 is 33.3 Å². The molecule has 0 spiro atoms. The van der Waals surface area contributed by atoms with Crippen molar-refractivity contribution in [2.45, 2.75) is 45.4 Å². The molecule has 8 nitrogen and oxygen atoms in total. The van der Waals surface area contributed by atoms with E-state index in [1.807, 2.05) is 108 Å². The summed E-state index contributed by atoms with van der Waals surface area (Å²) in [4.78, 5) is 40.0. The lowest BCUT2D eigenvalue weighted by molar-refractivity contribution is -0.145. The predicted molar refractivity (Wildman–Crippen MR) is 184 cm³/mol. The van der Waals surface area contributed by atoms with Crippen molar-refractivity contribution in [2.24, 2.45) is 0 Å². The SMILES string of the molecule is C=C(C)C(=O)OC(C)COc1ccc(C2(c3ccc(OCC(C)OC(=O)C(=C)C)cc3)c3ccccc3C(=O)N2c2ccccc2)cc1. The molecule has 1 heterocycles. The number of rotatable bonds is 13. The Bertz CT molecular complexity index is 1730. The second-order valence-corrected chi connectivity index (χ2v) is 11.9. The molecule has 0 N–H and O–H groups in total. The maximum atomic E-state index is 14.3. The number of benzene rings is 4. The average Bonchev–Trinajstić information content (AvgIpc) is 3.36. The van der Waals surface area contributed by atoms with E-state index in [-0.39, 0.29) is 19.1 Å². The highest BCUT2D eigenvalue weighted by atomic mass is 16.6. The zero-order valence-corrected chi connectivity index (χ0v) is 27.6. The number of hydrogen-bond donors (Lipinski definition) is 0. The Balaban J connectivity index is 1.52. The molecule has 0 aliphatic carbocycles. The van der Waals surface area contributed by atoms with Crippen LogP contribution in [-0.4, -0.2) is 43.3 Å². The summed E-state index contributed by atoms with van der Waals surface area (Å²) < 4.78 is 22.6. The number of carbonyl (C=O) groups excluding carboxylic acids is 3. The number of amides is 1. The van der Waals surface area contributed by atoms with E-state index in [0.29, 0.717) is 28.2 Å². The number of anilines is 1. The van der Waals surface area contributed by atoms with Crippen LogP contribution in [0.15, 0.2) is 127 Å². The van der Waals surface area contributed by atoms with Gasteiger partial charge < -0.3 is 18.9 Å². The van der Waals surface area contributed by atoms with Crippen molar-refractivity contribution in [3.05, 3.63) is 150 Å². The second kappa shape index (κ2) is 14.4. The van der Waals surface area contributed by atoms with Crippen LogP contribution in [0, 0.1) is 0 Å². The van der Waals surface area contributed by atoms with Gasteiger partial charge in [0.05, 0.1) is 0 Å². The third-order valence-corrected chi connectivity index (χ3v) is 7.93. The number of hydrogen-bond acceptors (Lipinski definition) is 7. The van der Waals surface area contributed by atoms with E-state index >= 15 is 0 Å². The Morgan fingerprint density at radius 1 is 0.667 bits per heavy atom. The molecule has 0 saturated heterocycles. The van der Waals surface area contributed by atoms with Gasteiger partial charge in [0.15, 0.2) is 0 Å². The van der Waals surface area contributed by atoms with E-state index < -0.39 is 29.7 Å². The first kappa shape index (κ1) is 33.7. The van der Waals surface area contributed by atoms with Crippen molar-refractivity contribution in [3.8, 4) is 11.5 Å². The summed E-state index contributed by atoms with van der Waals surface area (Å²) in [5.74, 6) is 0.110. The molecule has 0 saturated carbocycles. The normalized spacial score (nSPS) is 16.3. The summed E-state index contributed by atoms with van der Waals surface area (Å²) in [6, 6.07) is 32.4. The molecule has 1 aliphatic rings. The molecule has 5 rings (SSSR count). The number of carbonyl (C=O) groups is 3. The molecule has 4 aromatic rings. The van der Waals surface area contributed by atoms with E-state index in [1.54, 1.807) is 27.7 Å². The zero-order valence-electron chi connectivity index (χ0n) is 27.6. The van der Waals surface area contributed by atoms with Crippen molar-refractivity contribution in [2.75, 3.05) is 18.1 Å². The molecule has 2 unspecified atom stereocenters. The number of nitrogens with zero attached hydrogens (tertiary/aromatic N) is 1. The smallest absolute Gasteiger partial charge is 0.333 e. The molecule has 1 aliphatic heterocycles.